The molecule has 8 nitrogen and oxygen atoms in total. The second-order valence-electron chi connectivity index (χ2n) is 9.21. The maximum absolute atomic E-state index is 13.6. The third-order valence-corrected chi connectivity index (χ3v) is 6.59. The third-order valence-electron chi connectivity index (χ3n) is 6.59. The first-order valence-electron chi connectivity index (χ1n) is 12.8. The number of para-hydroxylation sites is 1. The lowest BCUT2D eigenvalue weighted by Gasteiger charge is -2.35. The van der Waals surface area contributed by atoms with Gasteiger partial charge in [0, 0.05) is 32.6 Å². The number of amides is 1. The smallest absolute Gasteiger partial charge is 0.260 e. The van der Waals surface area contributed by atoms with Crippen LogP contribution in [0.5, 0.6) is 5.75 Å². The highest BCUT2D eigenvalue weighted by Crippen LogP contribution is 2.30. The van der Waals surface area contributed by atoms with Crippen molar-refractivity contribution in [1.82, 2.24) is 24.6 Å². The SMILES string of the molecule is CCCCc1nc(N2CCN(C(=O)COc3ccccc3)CC2)c2c(C)nn(-c3ccc(F)cc3)c2n1. The summed E-state index contributed by atoms with van der Waals surface area (Å²) in [7, 11) is 0. The normalized spacial score (nSPS) is 13.8. The number of hydrogen-bond acceptors (Lipinski definition) is 6. The Kier molecular flexibility index (Phi) is 7.30. The van der Waals surface area contributed by atoms with Gasteiger partial charge < -0.3 is 14.5 Å². The lowest BCUT2D eigenvalue weighted by Crippen LogP contribution is -2.50. The predicted octanol–water partition coefficient (Wildman–Crippen LogP) is 4.33. The van der Waals surface area contributed by atoms with Gasteiger partial charge in [-0.1, -0.05) is 31.5 Å². The summed E-state index contributed by atoms with van der Waals surface area (Å²) in [4.78, 5) is 26.6. The van der Waals surface area contributed by atoms with Crippen molar-refractivity contribution in [3.05, 3.63) is 71.9 Å². The van der Waals surface area contributed by atoms with Crippen LogP contribution in [-0.4, -0.2) is 63.3 Å². The number of aryl methyl sites for hydroxylation is 2. The fourth-order valence-electron chi connectivity index (χ4n) is 4.56. The largest absolute Gasteiger partial charge is 0.484 e. The summed E-state index contributed by atoms with van der Waals surface area (Å²) >= 11 is 0. The minimum absolute atomic E-state index is 0.0203. The van der Waals surface area contributed by atoms with Crippen molar-refractivity contribution < 1.29 is 13.9 Å². The number of carbonyl (C=O) groups is 1. The molecule has 2 aromatic carbocycles. The van der Waals surface area contributed by atoms with Gasteiger partial charge in [0.05, 0.1) is 16.8 Å². The van der Waals surface area contributed by atoms with Gasteiger partial charge in [0.2, 0.25) is 0 Å². The van der Waals surface area contributed by atoms with Crippen LogP contribution in [0.3, 0.4) is 0 Å². The summed E-state index contributed by atoms with van der Waals surface area (Å²) in [5.74, 6) is 1.97. The van der Waals surface area contributed by atoms with E-state index in [2.05, 4.69) is 11.8 Å². The summed E-state index contributed by atoms with van der Waals surface area (Å²) in [5, 5.41) is 5.63. The summed E-state index contributed by atoms with van der Waals surface area (Å²) in [6, 6.07) is 15.6. The standard InChI is InChI=1S/C28H31FN6O2/c1-3-4-10-24-30-27(26-20(2)32-35(28(26)31-24)22-13-11-21(29)12-14-22)34-17-15-33(16-18-34)25(36)19-37-23-8-6-5-7-9-23/h5-9,11-14H,3-4,10,15-19H2,1-2H3. The summed E-state index contributed by atoms with van der Waals surface area (Å²) < 4.78 is 21.0. The molecule has 37 heavy (non-hydrogen) atoms. The molecule has 0 spiro atoms. The van der Waals surface area contributed by atoms with Crippen LogP contribution in [-0.2, 0) is 11.2 Å². The zero-order chi connectivity index (χ0) is 25.8. The number of carbonyl (C=O) groups excluding carboxylic acids is 1. The van der Waals surface area contributed by atoms with E-state index in [1.165, 1.54) is 12.1 Å². The second kappa shape index (κ2) is 10.9. The minimum atomic E-state index is -0.294. The molecule has 192 valence electrons. The van der Waals surface area contributed by atoms with Gasteiger partial charge in [-0.25, -0.2) is 19.0 Å². The lowest BCUT2D eigenvalue weighted by molar-refractivity contribution is -0.133. The van der Waals surface area contributed by atoms with Gasteiger partial charge >= 0.3 is 0 Å². The number of nitrogens with zero attached hydrogens (tertiary/aromatic N) is 6. The van der Waals surface area contributed by atoms with E-state index in [1.807, 2.05) is 42.2 Å². The molecule has 1 saturated heterocycles. The molecule has 1 aliphatic rings. The fourth-order valence-corrected chi connectivity index (χ4v) is 4.56. The molecular weight excluding hydrogens is 471 g/mol. The Morgan fingerprint density at radius 2 is 1.73 bits per heavy atom. The Morgan fingerprint density at radius 3 is 2.43 bits per heavy atom. The molecule has 0 radical (unpaired) electrons. The van der Waals surface area contributed by atoms with E-state index in [9.17, 15) is 9.18 Å². The number of aromatic nitrogens is 4. The quantitative estimate of drug-likeness (QED) is 0.357. The molecular formula is C28H31FN6O2. The number of hydrogen-bond donors (Lipinski definition) is 0. The Morgan fingerprint density at radius 1 is 1.00 bits per heavy atom. The fraction of sp³-hybridized carbons (Fsp3) is 0.357. The third kappa shape index (κ3) is 5.40. The highest BCUT2D eigenvalue weighted by atomic mass is 19.1. The number of rotatable bonds is 8. The van der Waals surface area contributed by atoms with Crippen molar-refractivity contribution in [2.75, 3.05) is 37.7 Å². The van der Waals surface area contributed by atoms with Crippen molar-refractivity contribution in [3.63, 3.8) is 0 Å². The Hall–Kier alpha value is -4.01. The molecule has 9 heteroatoms. The first-order valence-corrected chi connectivity index (χ1v) is 12.8. The van der Waals surface area contributed by atoms with Gasteiger partial charge in [-0.2, -0.15) is 5.10 Å². The molecule has 0 atom stereocenters. The van der Waals surface area contributed by atoms with E-state index < -0.39 is 0 Å². The van der Waals surface area contributed by atoms with Gasteiger partial charge in [-0.05, 0) is 49.7 Å². The maximum atomic E-state index is 13.6. The van der Waals surface area contributed by atoms with E-state index in [4.69, 9.17) is 19.8 Å². The second-order valence-corrected chi connectivity index (χ2v) is 9.21. The van der Waals surface area contributed by atoms with Crippen molar-refractivity contribution in [1.29, 1.82) is 0 Å². The molecule has 4 aromatic rings. The minimum Gasteiger partial charge on any atom is -0.484 e. The Balaban J connectivity index is 1.38. The zero-order valence-corrected chi connectivity index (χ0v) is 21.2. The van der Waals surface area contributed by atoms with E-state index in [0.29, 0.717) is 31.9 Å². The first-order chi connectivity index (χ1) is 18.0. The molecule has 0 saturated carbocycles. The van der Waals surface area contributed by atoms with E-state index in [0.717, 1.165) is 53.3 Å². The van der Waals surface area contributed by atoms with Gasteiger partial charge in [-0.15, -0.1) is 0 Å². The average molecular weight is 503 g/mol. The van der Waals surface area contributed by atoms with Crippen LogP contribution in [0.1, 0.15) is 31.3 Å². The van der Waals surface area contributed by atoms with E-state index >= 15 is 0 Å². The topological polar surface area (TPSA) is 76.4 Å². The highest BCUT2D eigenvalue weighted by molar-refractivity contribution is 5.91. The zero-order valence-electron chi connectivity index (χ0n) is 21.2. The number of unbranched alkanes of at least 4 members (excludes halogenated alkanes) is 1. The molecule has 0 unspecified atom stereocenters. The summed E-state index contributed by atoms with van der Waals surface area (Å²) in [6.45, 7) is 6.57. The highest BCUT2D eigenvalue weighted by Gasteiger charge is 2.26. The van der Waals surface area contributed by atoms with Gasteiger partial charge in [0.1, 0.15) is 23.2 Å². The Labute approximate surface area is 215 Å². The number of ether oxygens (including phenoxy) is 1. The lowest BCUT2D eigenvalue weighted by atomic mass is 10.2. The molecule has 1 aliphatic heterocycles. The molecule has 0 bridgehead atoms. The molecule has 1 fully saturated rings. The van der Waals surface area contributed by atoms with Crippen LogP contribution >= 0.6 is 0 Å². The number of halogens is 1. The van der Waals surface area contributed by atoms with Crippen molar-refractivity contribution >= 4 is 22.8 Å². The number of fused-ring (bicyclic) bond motifs is 1. The van der Waals surface area contributed by atoms with Crippen LogP contribution in [0.2, 0.25) is 0 Å². The van der Waals surface area contributed by atoms with Crippen molar-refractivity contribution in [2.24, 2.45) is 0 Å². The molecule has 3 heterocycles. The Bertz CT molecular complexity index is 1370. The average Bonchev–Trinajstić information content (AvgIpc) is 3.27. The molecule has 0 N–H and O–H groups in total. The van der Waals surface area contributed by atoms with Crippen LogP contribution in [0.4, 0.5) is 10.2 Å². The van der Waals surface area contributed by atoms with Gasteiger partial charge in [0.15, 0.2) is 12.3 Å². The first kappa shape index (κ1) is 24.7. The van der Waals surface area contributed by atoms with Gasteiger partial charge in [0.25, 0.3) is 5.91 Å². The molecule has 1 amide bonds. The molecule has 5 rings (SSSR count). The number of benzene rings is 2. The summed E-state index contributed by atoms with van der Waals surface area (Å²) in [5.41, 5.74) is 2.28. The maximum Gasteiger partial charge on any atom is 0.260 e. The van der Waals surface area contributed by atoms with E-state index in [1.54, 1.807) is 16.8 Å². The van der Waals surface area contributed by atoms with E-state index in [-0.39, 0.29) is 18.3 Å². The predicted molar refractivity (Wildman–Crippen MR) is 141 cm³/mol. The van der Waals surface area contributed by atoms with Crippen LogP contribution in [0.25, 0.3) is 16.7 Å². The molecule has 0 aliphatic carbocycles. The van der Waals surface area contributed by atoms with Crippen LogP contribution in [0.15, 0.2) is 54.6 Å². The number of piperazine rings is 1. The van der Waals surface area contributed by atoms with Gasteiger partial charge in [-0.3, -0.25) is 4.79 Å². The molecule has 2 aromatic heterocycles. The number of anilines is 1. The summed E-state index contributed by atoms with van der Waals surface area (Å²) in [6.07, 6.45) is 2.79. The van der Waals surface area contributed by atoms with Crippen molar-refractivity contribution in [2.45, 2.75) is 33.1 Å². The van der Waals surface area contributed by atoms with Crippen LogP contribution in [0, 0.1) is 12.7 Å². The van der Waals surface area contributed by atoms with Crippen LogP contribution < -0.4 is 9.64 Å². The monoisotopic (exact) mass is 502 g/mol. The van der Waals surface area contributed by atoms with Crippen molar-refractivity contribution in [3.8, 4) is 11.4 Å².